The highest BCUT2D eigenvalue weighted by molar-refractivity contribution is 6.75. The highest BCUT2D eigenvalue weighted by Crippen LogP contribution is 2.22. The molecule has 2 rings (SSSR count). The summed E-state index contributed by atoms with van der Waals surface area (Å²) in [5, 5.41) is 10.0. The highest BCUT2D eigenvalue weighted by Gasteiger charge is 2.39. The van der Waals surface area contributed by atoms with E-state index in [1.807, 2.05) is 36.3 Å². The van der Waals surface area contributed by atoms with Crippen molar-refractivity contribution in [2.24, 2.45) is 5.73 Å². The molecule has 3 N–H and O–H groups in total. The van der Waals surface area contributed by atoms with Crippen LogP contribution in [0.5, 0.6) is 5.75 Å². The fourth-order valence-electron chi connectivity index (χ4n) is 3.93. The number of carbonyl (C=O) groups excluding carboxylic acids is 3. The van der Waals surface area contributed by atoms with Gasteiger partial charge in [-0.05, 0) is 43.9 Å². The van der Waals surface area contributed by atoms with Crippen molar-refractivity contribution in [2.45, 2.75) is 57.7 Å². The number of likely N-dealkylation sites (tertiary alicyclic amines) is 1. The number of hydrogen-bond acceptors (Lipinski definition) is 6. The lowest BCUT2D eigenvalue weighted by molar-refractivity contribution is -0.121. The van der Waals surface area contributed by atoms with Crippen molar-refractivity contribution in [1.29, 1.82) is 0 Å². The standard InChI is InChI=1S/C24H36BN3O6/c1-3-34-23(31)25-13-7-5-4-6-8-14-27(16-18-9-11-20(33-2)12-10-18)24(32)28-17-19(29)15-21(28)22(26)30/h7,9-13,19,21,25,29H,3-6,8,14-17H2,1-2H3,(H2,26,30)/b13-7-/t19-,21-/m0/s1. The normalized spacial score (nSPS) is 17.6. The van der Waals surface area contributed by atoms with Gasteiger partial charge in [-0.1, -0.05) is 24.6 Å². The first-order chi connectivity index (χ1) is 16.3. The number of nitrogens with zero attached hydrogens (tertiary/aromatic N) is 2. The molecule has 2 atom stereocenters. The van der Waals surface area contributed by atoms with Crippen LogP contribution in [0.1, 0.15) is 44.6 Å². The number of primary amides is 1. The number of amides is 3. The molecule has 0 bridgehead atoms. The van der Waals surface area contributed by atoms with Crippen molar-refractivity contribution in [3.05, 3.63) is 41.9 Å². The number of benzene rings is 1. The van der Waals surface area contributed by atoms with Gasteiger partial charge in [-0.15, -0.1) is 5.98 Å². The molecule has 186 valence electrons. The summed E-state index contributed by atoms with van der Waals surface area (Å²) in [6.45, 7) is 3.14. The molecule has 0 spiro atoms. The first-order valence-electron chi connectivity index (χ1n) is 11.8. The topological polar surface area (TPSA) is 122 Å². The van der Waals surface area contributed by atoms with Crippen molar-refractivity contribution >= 4 is 25.1 Å². The van der Waals surface area contributed by atoms with Gasteiger partial charge in [0.25, 0.3) is 13.1 Å². The van der Waals surface area contributed by atoms with Crippen LogP contribution >= 0.6 is 0 Å². The fraction of sp³-hybridized carbons (Fsp3) is 0.542. The largest absolute Gasteiger partial charge is 0.497 e. The Kier molecular flexibility index (Phi) is 11.5. The average molecular weight is 473 g/mol. The second-order valence-corrected chi connectivity index (χ2v) is 8.34. The van der Waals surface area contributed by atoms with Gasteiger partial charge in [0.1, 0.15) is 11.8 Å². The van der Waals surface area contributed by atoms with E-state index in [1.165, 1.54) is 4.90 Å². The maximum Gasteiger partial charge on any atom is 0.321 e. The monoisotopic (exact) mass is 473 g/mol. The summed E-state index contributed by atoms with van der Waals surface area (Å²) >= 11 is 0. The summed E-state index contributed by atoms with van der Waals surface area (Å²) in [5.41, 5.74) is 6.41. The number of methoxy groups -OCH3 is 1. The van der Waals surface area contributed by atoms with Crippen LogP contribution in [0.3, 0.4) is 0 Å². The van der Waals surface area contributed by atoms with Crippen molar-refractivity contribution in [3.8, 4) is 5.75 Å². The Balaban J connectivity index is 1.93. The first-order valence-corrected chi connectivity index (χ1v) is 11.8. The summed E-state index contributed by atoms with van der Waals surface area (Å²) in [5.74, 6) is 1.71. The third-order valence-electron chi connectivity index (χ3n) is 5.71. The molecular formula is C24H36BN3O6. The van der Waals surface area contributed by atoms with E-state index in [9.17, 15) is 19.5 Å². The van der Waals surface area contributed by atoms with E-state index in [-0.39, 0.29) is 32.1 Å². The molecule has 1 aromatic rings. The van der Waals surface area contributed by atoms with Crippen LogP contribution in [0.25, 0.3) is 0 Å². The number of nitrogens with two attached hydrogens (primary N) is 1. The molecule has 10 heteroatoms. The Morgan fingerprint density at radius 2 is 1.97 bits per heavy atom. The zero-order valence-electron chi connectivity index (χ0n) is 20.2. The van der Waals surface area contributed by atoms with Gasteiger partial charge in [0.2, 0.25) is 5.91 Å². The molecule has 34 heavy (non-hydrogen) atoms. The molecular weight excluding hydrogens is 437 g/mol. The van der Waals surface area contributed by atoms with Gasteiger partial charge in [-0.25, -0.2) is 4.79 Å². The minimum atomic E-state index is -0.801. The predicted octanol–water partition coefficient (Wildman–Crippen LogP) is 2.20. The van der Waals surface area contributed by atoms with Gasteiger partial charge in [0.15, 0.2) is 0 Å². The van der Waals surface area contributed by atoms with E-state index in [0.717, 1.165) is 37.0 Å². The number of aliphatic hydroxyl groups is 1. The van der Waals surface area contributed by atoms with Crippen LogP contribution in [-0.2, 0) is 16.1 Å². The molecule has 0 aliphatic carbocycles. The van der Waals surface area contributed by atoms with E-state index in [1.54, 1.807) is 18.9 Å². The molecule has 0 radical (unpaired) electrons. The van der Waals surface area contributed by atoms with E-state index in [4.69, 9.17) is 15.2 Å². The third-order valence-corrected chi connectivity index (χ3v) is 5.71. The van der Waals surface area contributed by atoms with Crippen LogP contribution in [0.4, 0.5) is 9.59 Å². The van der Waals surface area contributed by atoms with E-state index >= 15 is 0 Å². The molecule has 1 fully saturated rings. The number of hydrogen-bond donors (Lipinski definition) is 2. The minimum Gasteiger partial charge on any atom is -0.497 e. The summed E-state index contributed by atoms with van der Waals surface area (Å²) in [4.78, 5) is 39.6. The molecule has 0 aromatic heterocycles. The molecule has 1 aliphatic heterocycles. The first kappa shape index (κ1) is 27.2. The lowest BCUT2D eigenvalue weighted by Crippen LogP contribution is -2.49. The zero-order valence-corrected chi connectivity index (χ0v) is 20.2. The van der Waals surface area contributed by atoms with E-state index < -0.39 is 18.1 Å². The number of carbonyl (C=O) groups is 3. The number of allylic oxidation sites excluding steroid dienone is 1. The van der Waals surface area contributed by atoms with Gasteiger partial charge < -0.3 is 30.1 Å². The van der Waals surface area contributed by atoms with Gasteiger partial charge in [-0.3, -0.25) is 9.59 Å². The zero-order chi connectivity index (χ0) is 24.9. The average Bonchev–Trinajstić information content (AvgIpc) is 3.22. The minimum absolute atomic E-state index is 0.0941. The molecule has 9 nitrogen and oxygen atoms in total. The van der Waals surface area contributed by atoms with Gasteiger partial charge >= 0.3 is 6.03 Å². The van der Waals surface area contributed by atoms with Crippen LogP contribution in [0.15, 0.2) is 36.3 Å². The Bertz CT molecular complexity index is 833. The van der Waals surface area contributed by atoms with Crippen molar-refractivity contribution < 1.29 is 29.0 Å². The smallest absolute Gasteiger partial charge is 0.321 e. The molecule has 3 amide bonds. The number of ether oxygens (including phenoxy) is 2. The lowest BCUT2D eigenvalue weighted by atomic mass is 9.78. The Labute approximate surface area is 202 Å². The van der Waals surface area contributed by atoms with Crippen molar-refractivity contribution in [1.82, 2.24) is 9.80 Å². The Morgan fingerprint density at radius 1 is 1.24 bits per heavy atom. The second kappa shape index (κ2) is 14.3. The second-order valence-electron chi connectivity index (χ2n) is 8.34. The summed E-state index contributed by atoms with van der Waals surface area (Å²) in [6, 6.07) is 6.38. The predicted molar refractivity (Wildman–Crippen MR) is 131 cm³/mol. The number of β-amino-alcohol motifs (C(OH)–C–C–N with tert-alkyl or cyclic N) is 1. The van der Waals surface area contributed by atoms with Crippen LogP contribution < -0.4 is 10.5 Å². The number of urea groups is 1. The summed E-state index contributed by atoms with van der Waals surface area (Å²) in [6.07, 6.45) is 4.83. The highest BCUT2D eigenvalue weighted by atomic mass is 16.5. The number of aliphatic hydroxyl groups excluding tert-OH is 1. The van der Waals surface area contributed by atoms with E-state index in [0.29, 0.717) is 19.7 Å². The molecule has 0 unspecified atom stereocenters. The number of rotatable bonds is 13. The van der Waals surface area contributed by atoms with Crippen LogP contribution in [0, 0.1) is 0 Å². The van der Waals surface area contributed by atoms with E-state index in [2.05, 4.69) is 0 Å². The molecule has 1 aromatic carbocycles. The van der Waals surface area contributed by atoms with Gasteiger partial charge in [0, 0.05) is 26.1 Å². The van der Waals surface area contributed by atoms with Crippen molar-refractivity contribution in [3.63, 3.8) is 0 Å². The summed E-state index contributed by atoms with van der Waals surface area (Å²) in [7, 11) is 1.88. The van der Waals surface area contributed by atoms with Crippen LogP contribution in [-0.4, -0.2) is 78.9 Å². The molecule has 1 heterocycles. The third kappa shape index (κ3) is 8.74. The summed E-state index contributed by atoms with van der Waals surface area (Å²) < 4.78 is 10.1. The van der Waals surface area contributed by atoms with Gasteiger partial charge in [0.05, 0.1) is 19.8 Å². The Hall–Kier alpha value is -3.01. The SMILES string of the molecule is CCOC(=O)B/C=C\CCCCCN(Cc1ccc(OC)cc1)C(=O)N1C[C@@H](O)C[C@H]1C(N)=O. The van der Waals surface area contributed by atoms with Gasteiger partial charge in [-0.2, -0.15) is 0 Å². The quantitative estimate of drug-likeness (QED) is 0.335. The maximum atomic E-state index is 13.3. The Morgan fingerprint density at radius 3 is 2.62 bits per heavy atom. The maximum absolute atomic E-state index is 13.3. The molecule has 1 saturated heterocycles. The fourth-order valence-corrected chi connectivity index (χ4v) is 3.93. The van der Waals surface area contributed by atoms with Crippen LogP contribution in [0.2, 0.25) is 0 Å². The molecule has 1 aliphatic rings. The lowest BCUT2D eigenvalue weighted by Gasteiger charge is -2.31. The molecule has 0 saturated carbocycles. The number of unbranched alkanes of at least 4 members (excludes halogenated alkanes) is 3. The van der Waals surface area contributed by atoms with Crippen molar-refractivity contribution in [2.75, 3.05) is 26.8 Å².